The molecule has 2 aromatic carbocycles. The summed E-state index contributed by atoms with van der Waals surface area (Å²) in [5.41, 5.74) is 0.650. The quantitative estimate of drug-likeness (QED) is 0.236. The first-order valence-electron chi connectivity index (χ1n) is 15.5. The lowest BCUT2D eigenvalue weighted by Crippen LogP contribution is -2.43. The number of ether oxygens (including phenoxy) is 1. The maximum Gasteiger partial charge on any atom is 0.319 e. The third-order valence-electron chi connectivity index (χ3n) is 9.61. The highest BCUT2D eigenvalue weighted by atomic mass is 19.1. The van der Waals surface area contributed by atoms with Crippen LogP contribution in [0.25, 0.3) is 32.9 Å². The summed E-state index contributed by atoms with van der Waals surface area (Å²) in [5.74, 6) is -0.522. The molecule has 3 fully saturated rings. The van der Waals surface area contributed by atoms with E-state index in [-0.39, 0.29) is 45.9 Å². The predicted octanol–water partition coefficient (Wildman–Crippen LogP) is 5.34. The SMILES string of the molecule is CCc1c(F)ccc2cc(O)cc(-c3ncc4c(NCCC5CNC(=O)C5)nc(OCC56CCCN5CCC6)nc4c3F)c12. The molecule has 1 unspecified atom stereocenters. The van der Waals surface area contributed by atoms with Crippen LogP contribution >= 0.6 is 0 Å². The Morgan fingerprint density at radius 2 is 2.00 bits per heavy atom. The molecule has 3 aliphatic rings. The lowest BCUT2D eigenvalue weighted by Gasteiger charge is -2.31. The Bertz CT molecular complexity index is 1760. The van der Waals surface area contributed by atoms with Crippen LogP contribution < -0.4 is 15.4 Å². The number of aromatic nitrogens is 3. The molecule has 0 bridgehead atoms. The van der Waals surface area contributed by atoms with E-state index in [9.17, 15) is 14.3 Å². The molecule has 3 N–H and O–H groups in total. The van der Waals surface area contributed by atoms with Crippen molar-refractivity contribution in [1.82, 2.24) is 25.2 Å². The number of halogens is 2. The van der Waals surface area contributed by atoms with Gasteiger partial charge in [-0.2, -0.15) is 9.97 Å². The molecular formula is C33H36F2N6O3. The molecule has 7 rings (SSSR count). The molecular weight excluding hydrogens is 566 g/mol. The Labute approximate surface area is 254 Å². The Kier molecular flexibility index (Phi) is 7.44. The molecule has 0 spiro atoms. The second-order valence-electron chi connectivity index (χ2n) is 12.3. The van der Waals surface area contributed by atoms with E-state index in [4.69, 9.17) is 4.74 Å². The average molecular weight is 603 g/mol. The van der Waals surface area contributed by atoms with Crippen LogP contribution in [0.5, 0.6) is 11.8 Å². The Morgan fingerprint density at radius 3 is 2.75 bits per heavy atom. The summed E-state index contributed by atoms with van der Waals surface area (Å²) < 4.78 is 37.7. The van der Waals surface area contributed by atoms with Gasteiger partial charge in [0.2, 0.25) is 5.91 Å². The smallest absolute Gasteiger partial charge is 0.319 e. The van der Waals surface area contributed by atoms with Crippen LogP contribution in [0.3, 0.4) is 0 Å². The molecule has 11 heteroatoms. The summed E-state index contributed by atoms with van der Waals surface area (Å²) in [5, 5.41) is 18.2. The number of phenols is 1. The Hall–Kier alpha value is -4.12. The van der Waals surface area contributed by atoms with E-state index in [2.05, 4.69) is 30.5 Å². The number of hydrogen-bond acceptors (Lipinski definition) is 8. The molecule has 3 saturated heterocycles. The van der Waals surface area contributed by atoms with Gasteiger partial charge >= 0.3 is 6.01 Å². The lowest BCUT2D eigenvalue weighted by atomic mass is 9.94. The number of hydrogen-bond donors (Lipinski definition) is 3. The van der Waals surface area contributed by atoms with E-state index in [1.165, 1.54) is 24.4 Å². The monoisotopic (exact) mass is 602 g/mol. The van der Waals surface area contributed by atoms with Crippen molar-refractivity contribution >= 4 is 33.4 Å². The number of fused-ring (bicyclic) bond motifs is 3. The highest BCUT2D eigenvalue weighted by Crippen LogP contribution is 2.40. The van der Waals surface area contributed by atoms with Crippen LogP contribution in [-0.2, 0) is 11.2 Å². The molecule has 1 atom stereocenters. The van der Waals surface area contributed by atoms with Gasteiger partial charge in [-0.25, -0.2) is 8.78 Å². The van der Waals surface area contributed by atoms with E-state index >= 15 is 4.39 Å². The van der Waals surface area contributed by atoms with Gasteiger partial charge in [-0.3, -0.25) is 14.7 Å². The predicted molar refractivity (Wildman–Crippen MR) is 164 cm³/mol. The Morgan fingerprint density at radius 1 is 1.18 bits per heavy atom. The number of phenolic OH excluding ortho intramolecular Hbond substituents is 1. The summed E-state index contributed by atoms with van der Waals surface area (Å²) >= 11 is 0. The van der Waals surface area contributed by atoms with Crippen molar-refractivity contribution in [2.45, 2.75) is 57.4 Å². The highest BCUT2D eigenvalue weighted by Gasteiger charge is 2.45. The summed E-state index contributed by atoms with van der Waals surface area (Å²) in [6.45, 7) is 5.51. The minimum absolute atomic E-state index is 0.0263. The minimum atomic E-state index is -0.705. The summed E-state index contributed by atoms with van der Waals surface area (Å²) in [7, 11) is 0. The molecule has 44 heavy (non-hydrogen) atoms. The first kappa shape index (κ1) is 28.6. The highest BCUT2D eigenvalue weighted by molar-refractivity contribution is 6.01. The third kappa shape index (κ3) is 5.06. The van der Waals surface area contributed by atoms with Crippen molar-refractivity contribution in [2.75, 3.05) is 38.1 Å². The van der Waals surface area contributed by atoms with E-state index in [1.807, 2.05) is 6.92 Å². The van der Waals surface area contributed by atoms with Gasteiger partial charge in [0, 0.05) is 31.3 Å². The fourth-order valence-corrected chi connectivity index (χ4v) is 7.38. The van der Waals surface area contributed by atoms with Gasteiger partial charge in [-0.05, 0) is 92.1 Å². The average Bonchev–Trinajstić information content (AvgIpc) is 3.72. The second kappa shape index (κ2) is 11.4. The van der Waals surface area contributed by atoms with Crippen molar-refractivity contribution in [3.63, 3.8) is 0 Å². The van der Waals surface area contributed by atoms with E-state index in [0.29, 0.717) is 60.1 Å². The molecule has 5 heterocycles. The third-order valence-corrected chi connectivity index (χ3v) is 9.61. The minimum Gasteiger partial charge on any atom is -0.508 e. The molecule has 3 aliphatic heterocycles. The summed E-state index contributed by atoms with van der Waals surface area (Å²) in [4.78, 5) is 27.8. The van der Waals surface area contributed by atoms with Gasteiger partial charge in [-0.1, -0.05) is 13.0 Å². The summed E-state index contributed by atoms with van der Waals surface area (Å²) in [6.07, 6.45) is 7.43. The van der Waals surface area contributed by atoms with Crippen molar-refractivity contribution in [3.8, 4) is 23.0 Å². The number of carbonyl (C=O) groups is 1. The Balaban J connectivity index is 1.30. The van der Waals surface area contributed by atoms with Gasteiger partial charge < -0.3 is 20.5 Å². The van der Waals surface area contributed by atoms with Gasteiger partial charge in [0.25, 0.3) is 0 Å². The first-order valence-corrected chi connectivity index (χ1v) is 15.5. The zero-order chi connectivity index (χ0) is 30.4. The van der Waals surface area contributed by atoms with E-state index in [1.54, 1.807) is 6.07 Å². The largest absolute Gasteiger partial charge is 0.508 e. The maximum absolute atomic E-state index is 16.6. The number of benzene rings is 2. The zero-order valence-electron chi connectivity index (χ0n) is 24.8. The van der Waals surface area contributed by atoms with E-state index < -0.39 is 11.6 Å². The number of nitrogens with one attached hydrogen (secondary N) is 2. The molecule has 0 radical (unpaired) electrons. The molecule has 0 saturated carbocycles. The van der Waals surface area contributed by atoms with Gasteiger partial charge in [0.1, 0.15) is 35.2 Å². The molecule has 0 aliphatic carbocycles. The zero-order valence-corrected chi connectivity index (χ0v) is 24.8. The number of aryl methyl sites for hydroxylation is 1. The number of rotatable bonds is 9. The lowest BCUT2D eigenvalue weighted by molar-refractivity contribution is -0.119. The number of anilines is 1. The molecule has 230 valence electrons. The summed E-state index contributed by atoms with van der Waals surface area (Å²) in [6, 6.07) is 5.96. The molecule has 1 amide bonds. The van der Waals surface area contributed by atoms with Crippen LogP contribution in [0.2, 0.25) is 0 Å². The normalized spacial score (nSPS) is 19.5. The topological polar surface area (TPSA) is 112 Å². The molecule has 4 aromatic rings. The van der Waals surface area contributed by atoms with Gasteiger partial charge in [0.05, 0.1) is 10.9 Å². The number of nitrogens with zero attached hydrogens (tertiary/aromatic N) is 4. The number of carbonyl (C=O) groups excluding carboxylic acids is 1. The van der Waals surface area contributed by atoms with Crippen LogP contribution in [0.4, 0.5) is 14.6 Å². The number of amides is 1. The fourth-order valence-electron chi connectivity index (χ4n) is 7.38. The van der Waals surface area contributed by atoms with Crippen LogP contribution in [0.15, 0.2) is 30.5 Å². The van der Waals surface area contributed by atoms with Crippen molar-refractivity contribution < 1.29 is 23.4 Å². The van der Waals surface area contributed by atoms with E-state index in [0.717, 1.165) is 45.2 Å². The first-order chi connectivity index (χ1) is 21.3. The number of aromatic hydroxyl groups is 1. The van der Waals surface area contributed by atoms with Gasteiger partial charge in [0.15, 0.2) is 5.82 Å². The van der Waals surface area contributed by atoms with Crippen molar-refractivity contribution in [3.05, 3.63) is 47.7 Å². The fraction of sp³-hybridized carbons (Fsp3) is 0.455. The standard InChI is InChI=1S/C33H36F2N6O3/c1-2-22-25(34)6-5-20-14-21(42)15-23(27(20)22)29-28(35)30-24(17-38-29)31(36-10-7-19-13-26(43)37-16-19)40-32(39-30)44-18-33-8-3-11-41(33)12-4-9-33/h5-6,14-15,17,19,42H,2-4,7-13,16,18H2,1H3,(H,37,43)(H,36,39,40). The second-order valence-corrected chi connectivity index (χ2v) is 12.3. The molecule has 2 aromatic heterocycles. The van der Waals surface area contributed by atoms with Gasteiger partial charge in [-0.15, -0.1) is 0 Å². The van der Waals surface area contributed by atoms with Crippen LogP contribution in [0, 0.1) is 17.6 Å². The maximum atomic E-state index is 16.6. The van der Waals surface area contributed by atoms with Crippen molar-refractivity contribution in [2.24, 2.45) is 5.92 Å². The van der Waals surface area contributed by atoms with Crippen molar-refractivity contribution in [1.29, 1.82) is 0 Å². The number of pyridine rings is 1. The molecule has 9 nitrogen and oxygen atoms in total. The van der Waals surface area contributed by atoms with Crippen LogP contribution in [-0.4, -0.2) is 69.2 Å². The van der Waals surface area contributed by atoms with Crippen LogP contribution in [0.1, 0.15) is 51.0 Å².